The van der Waals surface area contributed by atoms with Crippen LogP contribution < -0.4 is 15.0 Å². The van der Waals surface area contributed by atoms with E-state index in [2.05, 4.69) is 4.98 Å². The number of fused-ring (bicyclic) bond motifs is 1. The number of H-pyrrole nitrogens is 1. The highest BCUT2D eigenvalue weighted by atomic mass is 32.1. The Kier molecular flexibility index (Phi) is 5.96. The maximum absolute atomic E-state index is 12.8. The Balaban J connectivity index is 1.83. The Morgan fingerprint density at radius 1 is 1.07 bits per heavy atom. The van der Waals surface area contributed by atoms with Crippen LogP contribution >= 0.6 is 23.6 Å². The predicted molar refractivity (Wildman–Crippen MR) is 122 cm³/mol. The Labute approximate surface area is 182 Å². The van der Waals surface area contributed by atoms with Crippen molar-refractivity contribution in [2.75, 3.05) is 13.2 Å². The first kappa shape index (κ1) is 20.3. The molecule has 0 unspecified atom stereocenters. The van der Waals surface area contributed by atoms with Crippen LogP contribution in [0.2, 0.25) is 0 Å². The highest BCUT2D eigenvalue weighted by molar-refractivity contribution is 7.73. The quantitative estimate of drug-likeness (QED) is 0.409. The number of aromatic amines is 1. The van der Waals surface area contributed by atoms with Crippen LogP contribution in [-0.2, 0) is 6.54 Å². The molecule has 4 aromatic rings. The molecule has 0 amide bonds. The fraction of sp³-hybridized carbons (Fsp3) is 0.227. The molecule has 0 aliphatic carbocycles. The second kappa shape index (κ2) is 8.81. The molecule has 0 radical (unpaired) electrons. The van der Waals surface area contributed by atoms with Crippen molar-refractivity contribution in [3.8, 4) is 22.9 Å². The molecule has 0 bridgehead atoms. The van der Waals surface area contributed by atoms with E-state index in [9.17, 15) is 4.79 Å². The fourth-order valence-electron chi connectivity index (χ4n) is 3.19. The van der Waals surface area contributed by atoms with Crippen molar-refractivity contribution in [1.29, 1.82) is 0 Å². The van der Waals surface area contributed by atoms with Crippen molar-refractivity contribution in [2.45, 2.75) is 20.4 Å². The van der Waals surface area contributed by atoms with Crippen molar-refractivity contribution in [3.05, 3.63) is 68.4 Å². The molecular formula is C22H21N3O3S2. The first-order valence-corrected chi connectivity index (χ1v) is 10.9. The first-order chi connectivity index (χ1) is 14.6. The number of thiazole rings is 1. The summed E-state index contributed by atoms with van der Waals surface area (Å²) in [6.07, 6.45) is 0. The summed E-state index contributed by atoms with van der Waals surface area (Å²) < 4.78 is 14.4. The van der Waals surface area contributed by atoms with Crippen LogP contribution in [0, 0.1) is 3.95 Å². The van der Waals surface area contributed by atoms with E-state index >= 15 is 0 Å². The lowest BCUT2D eigenvalue weighted by Crippen LogP contribution is -2.10. The van der Waals surface area contributed by atoms with Crippen LogP contribution in [0.3, 0.4) is 0 Å². The van der Waals surface area contributed by atoms with Crippen molar-refractivity contribution >= 4 is 33.9 Å². The van der Waals surface area contributed by atoms with E-state index in [4.69, 9.17) is 26.7 Å². The normalized spacial score (nSPS) is 11.0. The number of ether oxygens (including phenoxy) is 2. The SMILES string of the molecule is CCOc1ccc(-c2nc3c(sc(=S)n3Cc3ccccc3)c(=O)[nH]2)cc1OCC. The summed E-state index contributed by atoms with van der Waals surface area (Å²) in [5, 5.41) is 0. The highest BCUT2D eigenvalue weighted by Gasteiger charge is 2.15. The van der Waals surface area contributed by atoms with Crippen LogP contribution in [0.1, 0.15) is 19.4 Å². The summed E-state index contributed by atoms with van der Waals surface area (Å²) in [7, 11) is 0. The number of nitrogens with zero attached hydrogens (tertiary/aromatic N) is 2. The molecule has 0 aliphatic rings. The predicted octanol–water partition coefficient (Wildman–Crippen LogP) is 5.03. The van der Waals surface area contributed by atoms with Gasteiger partial charge in [-0.3, -0.25) is 4.79 Å². The summed E-state index contributed by atoms with van der Waals surface area (Å²) in [6.45, 7) is 5.44. The van der Waals surface area contributed by atoms with Gasteiger partial charge in [-0.05, 0) is 49.8 Å². The topological polar surface area (TPSA) is 69.1 Å². The average molecular weight is 440 g/mol. The number of aromatic nitrogens is 3. The fourth-order valence-corrected chi connectivity index (χ4v) is 4.42. The Hall–Kier alpha value is -2.97. The van der Waals surface area contributed by atoms with Crippen molar-refractivity contribution in [2.24, 2.45) is 0 Å². The van der Waals surface area contributed by atoms with E-state index in [1.54, 1.807) is 0 Å². The second-order valence-corrected chi connectivity index (χ2v) is 8.18. The van der Waals surface area contributed by atoms with Gasteiger partial charge in [-0.1, -0.05) is 41.7 Å². The Bertz CT molecular complexity index is 1290. The van der Waals surface area contributed by atoms with Gasteiger partial charge in [-0.15, -0.1) is 0 Å². The number of nitrogens with one attached hydrogen (secondary N) is 1. The Morgan fingerprint density at radius 3 is 2.53 bits per heavy atom. The molecule has 2 aromatic heterocycles. The summed E-state index contributed by atoms with van der Waals surface area (Å²) in [4.78, 5) is 20.4. The lowest BCUT2D eigenvalue weighted by atomic mass is 10.2. The van der Waals surface area contributed by atoms with Gasteiger partial charge in [-0.2, -0.15) is 0 Å². The molecule has 0 atom stereocenters. The molecule has 0 saturated heterocycles. The van der Waals surface area contributed by atoms with Crippen LogP contribution in [0.4, 0.5) is 0 Å². The molecule has 2 heterocycles. The third kappa shape index (κ3) is 4.01. The zero-order valence-corrected chi connectivity index (χ0v) is 18.3. The van der Waals surface area contributed by atoms with Gasteiger partial charge in [0.25, 0.3) is 5.56 Å². The number of rotatable bonds is 7. The zero-order chi connectivity index (χ0) is 21.1. The van der Waals surface area contributed by atoms with Gasteiger partial charge in [0.05, 0.1) is 19.8 Å². The number of benzene rings is 2. The van der Waals surface area contributed by atoms with E-state index in [0.717, 1.165) is 11.1 Å². The van der Waals surface area contributed by atoms with E-state index < -0.39 is 0 Å². The van der Waals surface area contributed by atoms with Crippen LogP contribution in [0.5, 0.6) is 11.5 Å². The molecule has 0 saturated carbocycles. The minimum absolute atomic E-state index is 0.204. The Morgan fingerprint density at radius 2 is 1.80 bits per heavy atom. The molecular weight excluding hydrogens is 418 g/mol. The first-order valence-electron chi connectivity index (χ1n) is 9.68. The minimum Gasteiger partial charge on any atom is -0.490 e. The van der Waals surface area contributed by atoms with Gasteiger partial charge >= 0.3 is 0 Å². The molecule has 0 spiro atoms. The standard InChI is InChI=1S/C22H21N3O3S2/c1-3-27-16-11-10-15(12-17(16)28-4-2)19-23-20-18(21(26)24-19)30-22(29)25(20)13-14-8-6-5-7-9-14/h5-12H,3-4,13H2,1-2H3,(H,23,24,26). The van der Waals surface area contributed by atoms with Gasteiger partial charge < -0.3 is 19.0 Å². The summed E-state index contributed by atoms with van der Waals surface area (Å²) in [5.74, 6) is 1.74. The maximum atomic E-state index is 12.8. The van der Waals surface area contributed by atoms with Gasteiger partial charge in [0.1, 0.15) is 10.5 Å². The van der Waals surface area contributed by atoms with Gasteiger partial charge in [-0.25, -0.2) is 4.98 Å². The van der Waals surface area contributed by atoms with Crippen LogP contribution in [0.15, 0.2) is 53.3 Å². The average Bonchev–Trinajstić information content (AvgIpc) is 3.06. The summed E-state index contributed by atoms with van der Waals surface area (Å²) in [6, 6.07) is 15.5. The lowest BCUT2D eigenvalue weighted by Gasteiger charge is -2.12. The van der Waals surface area contributed by atoms with E-state index in [-0.39, 0.29) is 5.56 Å². The molecule has 6 nitrogen and oxygen atoms in total. The summed E-state index contributed by atoms with van der Waals surface area (Å²) in [5.41, 5.74) is 2.21. The largest absolute Gasteiger partial charge is 0.490 e. The maximum Gasteiger partial charge on any atom is 0.270 e. The van der Waals surface area contributed by atoms with Crippen molar-refractivity contribution in [1.82, 2.24) is 14.5 Å². The number of hydrogen-bond donors (Lipinski definition) is 1. The molecule has 30 heavy (non-hydrogen) atoms. The van der Waals surface area contributed by atoms with Gasteiger partial charge in [0, 0.05) is 5.56 Å². The molecule has 1 N–H and O–H groups in total. The third-order valence-corrected chi connectivity index (χ3v) is 5.96. The highest BCUT2D eigenvalue weighted by Crippen LogP contribution is 2.32. The molecule has 154 valence electrons. The molecule has 0 fully saturated rings. The van der Waals surface area contributed by atoms with E-state index in [1.807, 2.05) is 66.9 Å². The molecule has 0 aliphatic heterocycles. The minimum atomic E-state index is -0.204. The zero-order valence-electron chi connectivity index (χ0n) is 16.7. The molecule has 2 aromatic carbocycles. The van der Waals surface area contributed by atoms with Crippen molar-refractivity contribution < 1.29 is 9.47 Å². The van der Waals surface area contributed by atoms with E-state index in [0.29, 0.717) is 51.4 Å². The van der Waals surface area contributed by atoms with Crippen LogP contribution in [-0.4, -0.2) is 27.7 Å². The second-order valence-electron chi connectivity index (χ2n) is 6.53. The smallest absolute Gasteiger partial charge is 0.270 e. The summed E-state index contributed by atoms with van der Waals surface area (Å²) >= 11 is 6.80. The number of hydrogen-bond acceptors (Lipinski definition) is 6. The van der Waals surface area contributed by atoms with Crippen LogP contribution in [0.25, 0.3) is 21.7 Å². The molecule has 4 rings (SSSR count). The third-order valence-electron chi connectivity index (χ3n) is 4.52. The van der Waals surface area contributed by atoms with Crippen molar-refractivity contribution in [3.63, 3.8) is 0 Å². The van der Waals surface area contributed by atoms with Gasteiger partial charge in [0.2, 0.25) is 0 Å². The molecule has 8 heteroatoms. The lowest BCUT2D eigenvalue weighted by molar-refractivity contribution is 0.288. The van der Waals surface area contributed by atoms with Gasteiger partial charge in [0.15, 0.2) is 21.1 Å². The monoisotopic (exact) mass is 439 g/mol. The van der Waals surface area contributed by atoms with E-state index in [1.165, 1.54) is 11.3 Å².